The van der Waals surface area contributed by atoms with Crippen LogP contribution in [-0.2, 0) is 16.0 Å². The summed E-state index contributed by atoms with van der Waals surface area (Å²) in [5.74, 6) is 0.151. The molecule has 23 heavy (non-hydrogen) atoms. The van der Waals surface area contributed by atoms with E-state index in [2.05, 4.69) is 0 Å². The van der Waals surface area contributed by atoms with E-state index < -0.39 is 12.1 Å². The van der Waals surface area contributed by atoms with E-state index in [4.69, 9.17) is 9.47 Å². The molecule has 0 aliphatic heterocycles. The van der Waals surface area contributed by atoms with Crippen molar-refractivity contribution < 1.29 is 19.1 Å². The van der Waals surface area contributed by atoms with Gasteiger partial charge in [0.2, 0.25) is 5.78 Å². The molecule has 4 heteroatoms. The van der Waals surface area contributed by atoms with Crippen LogP contribution in [0, 0.1) is 0 Å². The summed E-state index contributed by atoms with van der Waals surface area (Å²) in [4.78, 5) is 24.1. The first-order valence-corrected chi connectivity index (χ1v) is 7.52. The minimum Gasteiger partial charge on any atom is -0.496 e. The minimum absolute atomic E-state index is 0.198. The van der Waals surface area contributed by atoms with Crippen molar-refractivity contribution in [1.29, 1.82) is 0 Å². The molecule has 0 N–H and O–H groups in total. The van der Waals surface area contributed by atoms with E-state index in [0.717, 1.165) is 11.3 Å². The summed E-state index contributed by atoms with van der Waals surface area (Å²) in [6, 6.07) is 16.3. The molecule has 0 saturated heterocycles. The first kappa shape index (κ1) is 16.7. The molecule has 1 unspecified atom stereocenters. The van der Waals surface area contributed by atoms with Crippen molar-refractivity contribution in [3.8, 4) is 5.75 Å². The van der Waals surface area contributed by atoms with Crippen LogP contribution in [-0.4, -0.2) is 25.0 Å². The third-order valence-electron chi connectivity index (χ3n) is 3.53. The number of carbonyl (C=O) groups is 2. The van der Waals surface area contributed by atoms with Gasteiger partial charge in [-0.2, -0.15) is 0 Å². The van der Waals surface area contributed by atoms with Gasteiger partial charge < -0.3 is 9.47 Å². The quantitative estimate of drug-likeness (QED) is 0.580. The summed E-state index contributed by atoms with van der Waals surface area (Å²) < 4.78 is 10.5. The number of para-hydroxylation sites is 1. The number of ketones is 1. The molecular formula is C19H20O4. The fourth-order valence-electron chi connectivity index (χ4n) is 2.29. The molecule has 0 aliphatic rings. The smallest absolute Gasteiger partial charge is 0.306 e. The van der Waals surface area contributed by atoms with E-state index in [1.807, 2.05) is 30.3 Å². The van der Waals surface area contributed by atoms with E-state index in [-0.39, 0.29) is 12.2 Å². The molecule has 0 bridgehead atoms. The molecule has 120 valence electrons. The molecule has 2 rings (SSSR count). The lowest BCUT2D eigenvalue weighted by molar-refractivity contribution is -0.146. The number of hydrogen-bond acceptors (Lipinski definition) is 4. The molecule has 0 amide bonds. The van der Waals surface area contributed by atoms with Crippen molar-refractivity contribution in [2.75, 3.05) is 7.11 Å². The Labute approximate surface area is 136 Å². The zero-order valence-electron chi connectivity index (χ0n) is 13.3. The van der Waals surface area contributed by atoms with Gasteiger partial charge in [0, 0.05) is 12.0 Å². The summed E-state index contributed by atoms with van der Waals surface area (Å²) in [5, 5.41) is 0. The van der Waals surface area contributed by atoms with Gasteiger partial charge in [0.25, 0.3) is 0 Å². The Kier molecular flexibility index (Phi) is 5.92. The average Bonchev–Trinajstić information content (AvgIpc) is 2.60. The molecule has 2 aromatic carbocycles. The van der Waals surface area contributed by atoms with Crippen molar-refractivity contribution >= 4 is 11.8 Å². The van der Waals surface area contributed by atoms with E-state index in [1.54, 1.807) is 38.3 Å². The number of hydrogen-bond donors (Lipinski definition) is 0. The summed E-state index contributed by atoms with van der Waals surface area (Å²) >= 11 is 0. The zero-order valence-corrected chi connectivity index (χ0v) is 13.3. The monoisotopic (exact) mass is 312 g/mol. The Balaban J connectivity index is 1.88. The van der Waals surface area contributed by atoms with Crippen LogP contribution < -0.4 is 4.74 Å². The normalized spacial score (nSPS) is 11.6. The fourth-order valence-corrected chi connectivity index (χ4v) is 2.29. The van der Waals surface area contributed by atoms with Gasteiger partial charge in [-0.15, -0.1) is 0 Å². The number of methoxy groups -OCH3 is 1. The molecule has 0 aliphatic carbocycles. The fraction of sp³-hybridized carbons (Fsp3) is 0.263. The topological polar surface area (TPSA) is 52.6 Å². The van der Waals surface area contributed by atoms with Crippen molar-refractivity contribution in [3.63, 3.8) is 0 Å². The number of carbonyl (C=O) groups excluding carboxylic acids is 2. The Hall–Kier alpha value is -2.62. The molecule has 2 aromatic rings. The predicted molar refractivity (Wildman–Crippen MR) is 87.6 cm³/mol. The van der Waals surface area contributed by atoms with Crippen LogP contribution in [0.5, 0.6) is 5.75 Å². The maximum atomic E-state index is 12.2. The number of aryl methyl sites for hydroxylation is 1. The first-order valence-electron chi connectivity index (χ1n) is 7.52. The highest BCUT2D eigenvalue weighted by Crippen LogP contribution is 2.19. The van der Waals surface area contributed by atoms with Gasteiger partial charge in [0.15, 0.2) is 6.10 Å². The molecule has 0 aromatic heterocycles. The summed E-state index contributed by atoms with van der Waals surface area (Å²) in [6.07, 6.45) is -0.0791. The van der Waals surface area contributed by atoms with E-state index in [0.29, 0.717) is 12.0 Å². The molecule has 0 saturated carbocycles. The Bertz CT molecular complexity index is 664. The Morgan fingerprint density at radius 1 is 1.00 bits per heavy atom. The number of Topliss-reactive ketones (excluding diaryl/α,β-unsaturated/α-hetero) is 1. The Morgan fingerprint density at radius 2 is 1.65 bits per heavy atom. The van der Waals surface area contributed by atoms with Crippen LogP contribution in [0.25, 0.3) is 0 Å². The van der Waals surface area contributed by atoms with Crippen LogP contribution in [0.2, 0.25) is 0 Å². The maximum absolute atomic E-state index is 12.2. The summed E-state index contributed by atoms with van der Waals surface area (Å²) in [7, 11) is 1.59. The molecule has 4 nitrogen and oxygen atoms in total. The third-order valence-corrected chi connectivity index (χ3v) is 3.53. The molecule has 0 spiro atoms. The van der Waals surface area contributed by atoms with Gasteiger partial charge in [-0.1, -0.05) is 48.5 Å². The van der Waals surface area contributed by atoms with Gasteiger partial charge in [-0.05, 0) is 25.0 Å². The van der Waals surface area contributed by atoms with Crippen LogP contribution in [0.15, 0.2) is 54.6 Å². The van der Waals surface area contributed by atoms with Crippen molar-refractivity contribution in [2.45, 2.75) is 25.9 Å². The SMILES string of the molecule is COc1ccccc1CCC(=O)OC(C)C(=O)c1ccccc1. The summed E-state index contributed by atoms with van der Waals surface area (Å²) in [5.41, 5.74) is 1.48. The first-order chi connectivity index (χ1) is 11.1. The van der Waals surface area contributed by atoms with Crippen molar-refractivity contribution in [1.82, 2.24) is 0 Å². The lowest BCUT2D eigenvalue weighted by atomic mass is 10.1. The van der Waals surface area contributed by atoms with Crippen molar-refractivity contribution in [3.05, 3.63) is 65.7 Å². The molecule has 0 heterocycles. The average molecular weight is 312 g/mol. The molecule has 0 fully saturated rings. The Morgan fingerprint density at radius 3 is 2.35 bits per heavy atom. The van der Waals surface area contributed by atoms with Crippen LogP contribution in [0.3, 0.4) is 0 Å². The van der Waals surface area contributed by atoms with E-state index >= 15 is 0 Å². The van der Waals surface area contributed by atoms with Gasteiger partial charge in [0.05, 0.1) is 7.11 Å². The minimum atomic E-state index is -0.789. The van der Waals surface area contributed by atoms with Crippen LogP contribution in [0.1, 0.15) is 29.3 Å². The molecular weight excluding hydrogens is 292 g/mol. The van der Waals surface area contributed by atoms with Crippen molar-refractivity contribution in [2.24, 2.45) is 0 Å². The highest BCUT2D eigenvalue weighted by Gasteiger charge is 2.19. The van der Waals surface area contributed by atoms with Gasteiger partial charge >= 0.3 is 5.97 Å². The van der Waals surface area contributed by atoms with Gasteiger partial charge in [0.1, 0.15) is 5.75 Å². The van der Waals surface area contributed by atoms with Crippen LogP contribution >= 0.6 is 0 Å². The highest BCUT2D eigenvalue weighted by atomic mass is 16.5. The zero-order chi connectivity index (χ0) is 16.7. The van der Waals surface area contributed by atoms with E-state index in [9.17, 15) is 9.59 Å². The second-order valence-electron chi connectivity index (χ2n) is 5.17. The second-order valence-corrected chi connectivity index (χ2v) is 5.17. The summed E-state index contributed by atoms with van der Waals surface area (Å²) in [6.45, 7) is 1.59. The highest BCUT2D eigenvalue weighted by molar-refractivity contribution is 6.00. The second kappa shape index (κ2) is 8.13. The third kappa shape index (κ3) is 4.68. The molecule has 1 atom stereocenters. The lowest BCUT2D eigenvalue weighted by Gasteiger charge is -2.13. The standard InChI is InChI=1S/C19H20O4/c1-14(19(21)16-9-4-3-5-10-16)23-18(20)13-12-15-8-6-7-11-17(15)22-2/h3-11,14H,12-13H2,1-2H3. The number of rotatable bonds is 7. The predicted octanol–water partition coefficient (Wildman–Crippen LogP) is 3.44. The maximum Gasteiger partial charge on any atom is 0.306 e. The van der Waals surface area contributed by atoms with Gasteiger partial charge in [-0.25, -0.2) is 0 Å². The lowest BCUT2D eigenvalue weighted by Crippen LogP contribution is -2.24. The molecule has 0 radical (unpaired) electrons. The van der Waals surface area contributed by atoms with E-state index in [1.165, 1.54) is 0 Å². The van der Waals surface area contributed by atoms with Crippen LogP contribution in [0.4, 0.5) is 0 Å². The number of ether oxygens (including phenoxy) is 2. The number of benzene rings is 2. The largest absolute Gasteiger partial charge is 0.496 e. The van der Waals surface area contributed by atoms with Gasteiger partial charge in [-0.3, -0.25) is 9.59 Å². The number of esters is 1.